The van der Waals surface area contributed by atoms with Crippen molar-refractivity contribution in [1.82, 2.24) is 0 Å². The standard InChI is InChI=1S/C14H28/c1-8-14(7)11(2)12(3,4)9-10-13(14,5)6/h11H,8-10H2,1-7H3. The van der Waals surface area contributed by atoms with Gasteiger partial charge in [-0.1, -0.05) is 48.5 Å². The van der Waals surface area contributed by atoms with Gasteiger partial charge in [-0.25, -0.2) is 0 Å². The van der Waals surface area contributed by atoms with Crippen LogP contribution in [-0.2, 0) is 0 Å². The van der Waals surface area contributed by atoms with E-state index >= 15 is 0 Å². The van der Waals surface area contributed by atoms with E-state index in [1.165, 1.54) is 19.3 Å². The van der Waals surface area contributed by atoms with Gasteiger partial charge in [0.05, 0.1) is 0 Å². The predicted octanol–water partition coefficient (Wildman–Crippen LogP) is 4.89. The fraction of sp³-hybridized carbons (Fsp3) is 1.00. The largest absolute Gasteiger partial charge is 0.0648 e. The molecule has 0 radical (unpaired) electrons. The van der Waals surface area contributed by atoms with Gasteiger partial charge >= 0.3 is 0 Å². The van der Waals surface area contributed by atoms with Gasteiger partial charge in [-0.3, -0.25) is 0 Å². The minimum Gasteiger partial charge on any atom is -0.0648 e. The first-order valence-corrected chi connectivity index (χ1v) is 6.17. The van der Waals surface area contributed by atoms with Crippen LogP contribution in [0.5, 0.6) is 0 Å². The lowest BCUT2D eigenvalue weighted by atomic mass is 9.47. The number of hydrogen-bond acceptors (Lipinski definition) is 0. The highest BCUT2D eigenvalue weighted by molar-refractivity contribution is 5.01. The van der Waals surface area contributed by atoms with Crippen LogP contribution in [0.2, 0.25) is 0 Å². The Hall–Kier alpha value is 0. The van der Waals surface area contributed by atoms with Gasteiger partial charge in [0.1, 0.15) is 0 Å². The van der Waals surface area contributed by atoms with Crippen LogP contribution in [0.3, 0.4) is 0 Å². The second-order valence-corrected chi connectivity index (χ2v) is 6.87. The summed E-state index contributed by atoms with van der Waals surface area (Å²) in [6.07, 6.45) is 4.08. The average Bonchev–Trinajstić information content (AvgIpc) is 2.10. The van der Waals surface area contributed by atoms with Crippen LogP contribution < -0.4 is 0 Å². The van der Waals surface area contributed by atoms with E-state index in [-0.39, 0.29) is 0 Å². The van der Waals surface area contributed by atoms with E-state index in [2.05, 4.69) is 48.5 Å². The molecule has 84 valence electrons. The maximum absolute atomic E-state index is 2.50. The van der Waals surface area contributed by atoms with Crippen LogP contribution in [0.1, 0.15) is 67.7 Å². The van der Waals surface area contributed by atoms with Crippen molar-refractivity contribution >= 4 is 0 Å². The first-order chi connectivity index (χ1) is 6.17. The summed E-state index contributed by atoms with van der Waals surface area (Å²) >= 11 is 0. The van der Waals surface area contributed by atoms with E-state index < -0.39 is 0 Å². The molecule has 1 saturated carbocycles. The SMILES string of the molecule is CCC1(C)C(C)C(C)(C)CCC1(C)C. The zero-order valence-corrected chi connectivity index (χ0v) is 11.2. The van der Waals surface area contributed by atoms with E-state index in [1.807, 2.05) is 0 Å². The molecule has 0 aromatic heterocycles. The highest BCUT2D eigenvalue weighted by Gasteiger charge is 2.52. The van der Waals surface area contributed by atoms with Crippen molar-refractivity contribution in [2.75, 3.05) is 0 Å². The fourth-order valence-electron chi connectivity index (χ4n) is 3.37. The van der Waals surface area contributed by atoms with Gasteiger partial charge in [-0.05, 0) is 41.4 Å². The average molecular weight is 196 g/mol. The summed E-state index contributed by atoms with van der Waals surface area (Å²) in [6.45, 7) is 17.1. The molecule has 0 amide bonds. The third kappa shape index (κ3) is 1.51. The highest BCUT2D eigenvalue weighted by Crippen LogP contribution is 2.60. The van der Waals surface area contributed by atoms with Gasteiger partial charge in [0, 0.05) is 0 Å². The molecule has 0 saturated heterocycles. The Kier molecular flexibility index (Phi) is 2.80. The molecular formula is C14H28. The third-order valence-corrected chi connectivity index (χ3v) is 5.80. The zero-order chi connectivity index (χ0) is 11.2. The van der Waals surface area contributed by atoms with Gasteiger partial charge < -0.3 is 0 Å². The second kappa shape index (κ2) is 3.25. The molecule has 0 spiro atoms. The molecule has 1 aliphatic rings. The van der Waals surface area contributed by atoms with Gasteiger partial charge in [-0.2, -0.15) is 0 Å². The molecule has 0 aromatic rings. The smallest absolute Gasteiger partial charge is 0.0246 e. The van der Waals surface area contributed by atoms with E-state index in [9.17, 15) is 0 Å². The van der Waals surface area contributed by atoms with Crippen LogP contribution >= 0.6 is 0 Å². The zero-order valence-electron chi connectivity index (χ0n) is 11.2. The second-order valence-electron chi connectivity index (χ2n) is 6.87. The van der Waals surface area contributed by atoms with Crippen LogP contribution in [-0.4, -0.2) is 0 Å². The summed E-state index contributed by atoms with van der Waals surface area (Å²) in [4.78, 5) is 0. The first-order valence-electron chi connectivity index (χ1n) is 6.17. The van der Waals surface area contributed by atoms with Crippen molar-refractivity contribution in [2.45, 2.75) is 67.7 Å². The molecule has 0 aromatic carbocycles. The molecule has 0 nitrogen and oxygen atoms in total. The van der Waals surface area contributed by atoms with Crippen LogP contribution in [0.4, 0.5) is 0 Å². The van der Waals surface area contributed by atoms with E-state index in [0.29, 0.717) is 16.2 Å². The predicted molar refractivity (Wildman–Crippen MR) is 64.4 cm³/mol. The Morgan fingerprint density at radius 1 is 1.00 bits per heavy atom. The fourth-order valence-corrected chi connectivity index (χ4v) is 3.37. The van der Waals surface area contributed by atoms with Gasteiger partial charge in [0.15, 0.2) is 0 Å². The molecule has 0 heteroatoms. The molecule has 0 aliphatic heterocycles. The van der Waals surface area contributed by atoms with Crippen molar-refractivity contribution in [3.8, 4) is 0 Å². The minimum atomic E-state index is 0.509. The molecular weight excluding hydrogens is 168 g/mol. The van der Waals surface area contributed by atoms with Crippen LogP contribution in [0.25, 0.3) is 0 Å². The van der Waals surface area contributed by atoms with Crippen LogP contribution in [0, 0.1) is 22.2 Å². The van der Waals surface area contributed by atoms with Crippen LogP contribution in [0.15, 0.2) is 0 Å². The Bertz CT molecular complexity index is 212. The first kappa shape index (κ1) is 12.1. The molecule has 1 aliphatic carbocycles. The Morgan fingerprint density at radius 2 is 1.50 bits per heavy atom. The molecule has 2 atom stereocenters. The summed E-state index contributed by atoms with van der Waals surface area (Å²) < 4.78 is 0. The van der Waals surface area contributed by atoms with E-state index in [1.54, 1.807) is 0 Å². The lowest BCUT2D eigenvalue weighted by molar-refractivity contribution is -0.0892. The molecule has 0 heterocycles. The van der Waals surface area contributed by atoms with Crippen molar-refractivity contribution in [2.24, 2.45) is 22.2 Å². The number of rotatable bonds is 1. The van der Waals surface area contributed by atoms with Gasteiger partial charge in [-0.15, -0.1) is 0 Å². The van der Waals surface area contributed by atoms with Gasteiger partial charge in [0.2, 0.25) is 0 Å². The van der Waals surface area contributed by atoms with Crippen molar-refractivity contribution in [3.63, 3.8) is 0 Å². The molecule has 2 unspecified atom stereocenters. The van der Waals surface area contributed by atoms with E-state index in [4.69, 9.17) is 0 Å². The molecule has 0 N–H and O–H groups in total. The van der Waals surface area contributed by atoms with Gasteiger partial charge in [0.25, 0.3) is 0 Å². The Morgan fingerprint density at radius 3 is 1.86 bits per heavy atom. The summed E-state index contributed by atoms with van der Waals surface area (Å²) in [5.74, 6) is 0.823. The third-order valence-electron chi connectivity index (χ3n) is 5.80. The summed E-state index contributed by atoms with van der Waals surface area (Å²) in [6, 6.07) is 0. The maximum Gasteiger partial charge on any atom is -0.0246 e. The van der Waals surface area contributed by atoms with Crippen molar-refractivity contribution in [1.29, 1.82) is 0 Å². The summed E-state index contributed by atoms with van der Waals surface area (Å²) in [5.41, 5.74) is 1.55. The Balaban J connectivity index is 3.06. The molecule has 1 rings (SSSR count). The highest BCUT2D eigenvalue weighted by atomic mass is 14.6. The lowest BCUT2D eigenvalue weighted by Gasteiger charge is -2.58. The lowest BCUT2D eigenvalue weighted by Crippen LogP contribution is -2.50. The molecule has 14 heavy (non-hydrogen) atoms. The topological polar surface area (TPSA) is 0 Å². The Labute approximate surface area is 90.5 Å². The molecule has 1 fully saturated rings. The molecule has 0 bridgehead atoms. The normalized spacial score (nSPS) is 40.9. The summed E-state index contributed by atoms with van der Waals surface area (Å²) in [5, 5.41) is 0. The van der Waals surface area contributed by atoms with Crippen molar-refractivity contribution in [3.05, 3.63) is 0 Å². The number of hydrogen-bond donors (Lipinski definition) is 0. The maximum atomic E-state index is 2.50. The van der Waals surface area contributed by atoms with E-state index in [0.717, 1.165) is 5.92 Å². The summed E-state index contributed by atoms with van der Waals surface area (Å²) in [7, 11) is 0. The minimum absolute atomic E-state index is 0.509. The quantitative estimate of drug-likeness (QED) is 0.560. The van der Waals surface area contributed by atoms with Crippen molar-refractivity contribution < 1.29 is 0 Å². The monoisotopic (exact) mass is 196 g/mol.